The maximum Gasteiger partial charge on any atom is 0.417 e. The molecule has 0 N–H and O–H groups in total. The topological polar surface area (TPSA) is 50.1 Å². The highest BCUT2D eigenvalue weighted by Gasteiger charge is 2.36. The van der Waals surface area contributed by atoms with Crippen molar-refractivity contribution in [1.29, 1.82) is 5.26 Å². The van der Waals surface area contributed by atoms with Crippen molar-refractivity contribution >= 4 is 21.9 Å². The fourth-order valence-electron chi connectivity index (χ4n) is 1.55. The van der Waals surface area contributed by atoms with Gasteiger partial charge in [-0.3, -0.25) is 4.79 Å². The molecule has 0 aromatic heterocycles. The smallest absolute Gasteiger partial charge is 0.417 e. The summed E-state index contributed by atoms with van der Waals surface area (Å²) in [4.78, 5) is 11.3. The van der Waals surface area contributed by atoms with Crippen LogP contribution in [0.2, 0.25) is 0 Å². The van der Waals surface area contributed by atoms with Gasteiger partial charge in [0.1, 0.15) is 0 Å². The number of carbonyl (C=O) groups excluding carboxylic acids is 1. The molecule has 0 saturated heterocycles. The molecule has 0 aliphatic heterocycles. The van der Waals surface area contributed by atoms with Crippen LogP contribution in [0.15, 0.2) is 16.6 Å². The Morgan fingerprint density at radius 2 is 2.11 bits per heavy atom. The largest absolute Gasteiger partial charge is 0.466 e. The van der Waals surface area contributed by atoms with Gasteiger partial charge in [-0.15, -0.1) is 0 Å². The number of nitrogens with zero attached hydrogens (tertiary/aromatic N) is 1. The van der Waals surface area contributed by atoms with Gasteiger partial charge in [0, 0.05) is 4.47 Å². The predicted molar refractivity (Wildman–Crippen MR) is 64.2 cm³/mol. The molecule has 0 spiro atoms. The van der Waals surface area contributed by atoms with E-state index in [1.807, 2.05) is 0 Å². The van der Waals surface area contributed by atoms with Crippen LogP contribution in [-0.2, 0) is 22.1 Å². The molecular formula is C12H9BrF3NO2. The minimum absolute atomic E-state index is 0.0409. The number of ether oxygens (including phenoxy) is 1. The fraction of sp³-hybridized carbons (Fsp3) is 0.333. The molecule has 0 aliphatic carbocycles. The number of hydrogen-bond acceptors (Lipinski definition) is 3. The van der Waals surface area contributed by atoms with E-state index in [1.54, 1.807) is 13.0 Å². The molecule has 0 amide bonds. The molecule has 1 aromatic rings. The SMILES string of the molecule is CCOC(=O)Cc1cc(C#N)cc(Br)c1C(F)(F)F. The summed E-state index contributed by atoms with van der Waals surface area (Å²) in [5.74, 6) is -0.769. The van der Waals surface area contributed by atoms with Crippen molar-refractivity contribution in [3.05, 3.63) is 33.3 Å². The van der Waals surface area contributed by atoms with Crippen molar-refractivity contribution in [2.45, 2.75) is 19.5 Å². The molecule has 0 unspecified atom stereocenters. The van der Waals surface area contributed by atoms with Crippen LogP contribution in [0, 0.1) is 11.3 Å². The number of carbonyl (C=O) groups is 1. The number of halogens is 4. The van der Waals surface area contributed by atoms with Crippen molar-refractivity contribution in [1.82, 2.24) is 0 Å². The molecule has 0 aliphatic rings. The van der Waals surface area contributed by atoms with Crippen LogP contribution in [0.5, 0.6) is 0 Å². The van der Waals surface area contributed by atoms with Crippen molar-refractivity contribution in [2.75, 3.05) is 6.61 Å². The van der Waals surface area contributed by atoms with E-state index in [9.17, 15) is 18.0 Å². The van der Waals surface area contributed by atoms with Crippen molar-refractivity contribution < 1.29 is 22.7 Å². The van der Waals surface area contributed by atoms with Crippen LogP contribution in [-0.4, -0.2) is 12.6 Å². The molecule has 1 aromatic carbocycles. The van der Waals surface area contributed by atoms with Gasteiger partial charge in [-0.1, -0.05) is 15.9 Å². The van der Waals surface area contributed by atoms with Gasteiger partial charge < -0.3 is 4.74 Å². The lowest BCUT2D eigenvalue weighted by atomic mass is 10.0. The standard InChI is InChI=1S/C12H9BrF3NO2/c1-2-19-10(18)5-8-3-7(6-17)4-9(13)11(8)12(14,15)16/h3-4H,2,5H2,1H3. The molecule has 3 nitrogen and oxygen atoms in total. The maximum absolute atomic E-state index is 12.9. The van der Waals surface area contributed by atoms with E-state index in [1.165, 1.54) is 0 Å². The van der Waals surface area contributed by atoms with Gasteiger partial charge in [-0.2, -0.15) is 18.4 Å². The first-order valence-corrected chi connectivity index (χ1v) is 6.04. The first-order chi connectivity index (χ1) is 8.79. The van der Waals surface area contributed by atoms with Gasteiger partial charge in [0.15, 0.2) is 0 Å². The fourth-order valence-corrected chi connectivity index (χ4v) is 2.28. The summed E-state index contributed by atoms with van der Waals surface area (Å²) in [5.41, 5.74) is -1.20. The van der Waals surface area contributed by atoms with Gasteiger partial charge in [0.05, 0.1) is 30.2 Å². The summed E-state index contributed by atoms with van der Waals surface area (Å²) in [6, 6.07) is 3.86. The third-order valence-electron chi connectivity index (χ3n) is 2.22. The van der Waals surface area contributed by atoms with Gasteiger partial charge in [-0.25, -0.2) is 0 Å². The normalized spacial score (nSPS) is 10.9. The lowest BCUT2D eigenvalue weighted by molar-refractivity contribution is -0.143. The predicted octanol–water partition coefficient (Wildman–Crippen LogP) is 3.45. The van der Waals surface area contributed by atoms with E-state index >= 15 is 0 Å². The van der Waals surface area contributed by atoms with E-state index in [2.05, 4.69) is 20.7 Å². The molecule has 0 fully saturated rings. The van der Waals surface area contributed by atoms with Crippen LogP contribution in [0.3, 0.4) is 0 Å². The number of alkyl halides is 3. The third-order valence-corrected chi connectivity index (χ3v) is 2.85. The summed E-state index contributed by atoms with van der Waals surface area (Å²) in [5, 5.41) is 8.75. The van der Waals surface area contributed by atoms with E-state index in [4.69, 9.17) is 5.26 Å². The van der Waals surface area contributed by atoms with E-state index in [0.717, 1.165) is 12.1 Å². The van der Waals surface area contributed by atoms with Crippen LogP contribution in [0.25, 0.3) is 0 Å². The number of esters is 1. The Labute approximate surface area is 116 Å². The maximum atomic E-state index is 12.9. The highest BCUT2D eigenvalue weighted by atomic mass is 79.9. The number of nitriles is 1. The summed E-state index contributed by atoms with van der Waals surface area (Å²) in [7, 11) is 0. The van der Waals surface area contributed by atoms with Gasteiger partial charge in [-0.05, 0) is 24.6 Å². The second-order valence-electron chi connectivity index (χ2n) is 3.58. The second-order valence-corrected chi connectivity index (χ2v) is 4.44. The van der Waals surface area contributed by atoms with Crippen LogP contribution >= 0.6 is 15.9 Å². The first kappa shape index (κ1) is 15.5. The van der Waals surface area contributed by atoms with Gasteiger partial charge in [0.2, 0.25) is 0 Å². The van der Waals surface area contributed by atoms with Crippen molar-refractivity contribution in [3.8, 4) is 6.07 Å². The highest BCUT2D eigenvalue weighted by molar-refractivity contribution is 9.10. The lowest BCUT2D eigenvalue weighted by Gasteiger charge is -2.14. The minimum atomic E-state index is -4.62. The zero-order valence-corrected chi connectivity index (χ0v) is 11.4. The van der Waals surface area contributed by atoms with E-state index in [0.29, 0.717) is 0 Å². The molecule has 19 heavy (non-hydrogen) atoms. The second kappa shape index (κ2) is 6.06. The molecule has 0 saturated carbocycles. The van der Waals surface area contributed by atoms with Gasteiger partial charge in [0.25, 0.3) is 0 Å². The summed E-state index contributed by atoms with van der Waals surface area (Å²) in [6.07, 6.45) is -5.15. The molecule has 7 heteroatoms. The molecule has 0 bridgehead atoms. The first-order valence-electron chi connectivity index (χ1n) is 5.25. The monoisotopic (exact) mass is 335 g/mol. The van der Waals surface area contributed by atoms with E-state index in [-0.39, 0.29) is 22.2 Å². The zero-order chi connectivity index (χ0) is 14.6. The highest BCUT2D eigenvalue weighted by Crippen LogP contribution is 2.38. The Balaban J connectivity index is 3.30. The van der Waals surface area contributed by atoms with Crippen molar-refractivity contribution in [2.24, 2.45) is 0 Å². The summed E-state index contributed by atoms with van der Waals surface area (Å²) < 4.78 is 43.1. The minimum Gasteiger partial charge on any atom is -0.466 e. The Morgan fingerprint density at radius 1 is 1.47 bits per heavy atom. The molecule has 0 atom stereocenters. The number of hydrogen-bond donors (Lipinski definition) is 0. The van der Waals surface area contributed by atoms with Gasteiger partial charge >= 0.3 is 12.1 Å². The Kier molecular flexibility index (Phi) is 4.95. The summed E-state index contributed by atoms with van der Waals surface area (Å²) >= 11 is 2.78. The van der Waals surface area contributed by atoms with Crippen LogP contribution in [0.1, 0.15) is 23.6 Å². The molecule has 102 valence electrons. The Bertz CT molecular complexity index is 535. The molecule has 1 rings (SSSR count). The number of rotatable bonds is 3. The average Bonchev–Trinajstić information content (AvgIpc) is 2.26. The molecular weight excluding hydrogens is 327 g/mol. The van der Waals surface area contributed by atoms with Crippen LogP contribution < -0.4 is 0 Å². The summed E-state index contributed by atoms with van der Waals surface area (Å²) in [6.45, 7) is 1.64. The van der Waals surface area contributed by atoms with E-state index < -0.39 is 24.1 Å². The van der Waals surface area contributed by atoms with Crippen LogP contribution in [0.4, 0.5) is 13.2 Å². The quantitative estimate of drug-likeness (QED) is 0.795. The average molecular weight is 336 g/mol. The molecule has 0 radical (unpaired) electrons. The zero-order valence-electron chi connectivity index (χ0n) is 9.84. The van der Waals surface area contributed by atoms with Crippen molar-refractivity contribution in [3.63, 3.8) is 0 Å². The Hall–Kier alpha value is -1.55. The Morgan fingerprint density at radius 3 is 2.58 bits per heavy atom. The third kappa shape index (κ3) is 3.96. The lowest BCUT2D eigenvalue weighted by Crippen LogP contribution is -2.15. The molecule has 0 heterocycles. The number of benzene rings is 1.